The Labute approximate surface area is 177 Å². The van der Waals surface area contributed by atoms with Crippen LogP contribution >= 0.6 is 0 Å². The fraction of sp³-hybridized carbons (Fsp3) is 0.435. The van der Waals surface area contributed by atoms with E-state index in [9.17, 15) is 14.4 Å². The van der Waals surface area contributed by atoms with Crippen LogP contribution < -0.4 is 5.32 Å². The highest BCUT2D eigenvalue weighted by molar-refractivity contribution is 5.97. The second kappa shape index (κ2) is 8.73. The molecule has 1 N–H and O–H groups in total. The average molecular weight is 412 g/mol. The number of piperazine rings is 1. The van der Waals surface area contributed by atoms with Crippen molar-refractivity contribution >= 4 is 17.7 Å². The van der Waals surface area contributed by atoms with E-state index in [1.54, 1.807) is 41.0 Å². The summed E-state index contributed by atoms with van der Waals surface area (Å²) in [6.07, 6.45) is 1.47. The van der Waals surface area contributed by atoms with Gasteiger partial charge in [-0.3, -0.25) is 14.4 Å². The number of carbonyl (C=O) groups excluding carboxylic acids is 3. The zero-order valence-electron chi connectivity index (χ0n) is 18.0. The van der Waals surface area contributed by atoms with Crippen molar-refractivity contribution in [3.8, 4) is 0 Å². The Morgan fingerprint density at radius 3 is 2.10 bits per heavy atom. The van der Waals surface area contributed by atoms with Gasteiger partial charge in [-0.25, -0.2) is 0 Å². The molecule has 30 heavy (non-hydrogen) atoms. The standard InChI is InChI=1S/C23H29N3O4/c1-16(24-20(27)17-7-9-18(10-8-17)23(2,3)4)21(28)25-11-13-26(14-12-25)22(29)19-6-5-15-30-19/h5-10,15-16H,11-14H2,1-4H3,(H,24,27)/t16-/m0/s1. The lowest BCUT2D eigenvalue weighted by molar-refractivity contribution is -0.134. The van der Waals surface area contributed by atoms with Gasteiger partial charge < -0.3 is 19.5 Å². The van der Waals surface area contributed by atoms with Gasteiger partial charge in [0.25, 0.3) is 11.8 Å². The van der Waals surface area contributed by atoms with Crippen LogP contribution in [0.5, 0.6) is 0 Å². The fourth-order valence-electron chi connectivity index (χ4n) is 3.42. The third-order valence-electron chi connectivity index (χ3n) is 5.34. The average Bonchev–Trinajstić information content (AvgIpc) is 3.27. The number of benzene rings is 1. The van der Waals surface area contributed by atoms with Crippen LogP contribution in [-0.2, 0) is 10.2 Å². The molecular formula is C23H29N3O4. The van der Waals surface area contributed by atoms with E-state index in [-0.39, 0.29) is 23.1 Å². The van der Waals surface area contributed by atoms with E-state index >= 15 is 0 Å². The molecule has 0 spiro atoms. The predicted octanol–water partition coefficient (Wildman–Crippen LogP) is 2.68. The quantitative estimate of drug-likeness (QED) is 0.839. The minimum absolute atomic E-state index is 0.0126. The number of furan rings is 1. The van der Waals surface area contributed by atoms with Gasteiger partial charge in [-0.15, -0.1) is 0 Å². The van der Waals surface area contributed by atoms with Crippen LogP contribution in [0.2, 0.25) is 0 Å². The summed E-state index contributed by atoms with van der Waals surface area (Å²) < 4.78 is 5.15. The molecule has 0 saturated carbocycles. The molecule has 1 saturated heterocycles. The topological polar surface area (TPSA) is 82.9 Å². The number of hydrogen-bond acceptors (Lipinski definition) is 4. The molecule has 0 radical (unpaired) electrons. The molecule has 7 nitrogen and oxygen atoms in total. The van der Waals surface area contributed by atoms with Crippen molar-refractivity contribution in [2.24, 2.45) is 0 Å². The van der Waals surface area contributed by atoms with Gasteiger partial charge in [0.2, 0.25) is 5.91 Å². The molecule has 3 amide bonds. The van der Waals surface area contributed by atoms with Crippen molar-refractivity contribution in [2.45, 2.75) is 39.2 Å². The molecule has 2 aromatic rings. The van der Waals surface area contributed by atoms with Crippen LogP contribution in [0.25, 0.3) is 0 Å². The number of carbonyl (C=O) groups is 3. The Hall–Kier alpha value is -3.09. The van der Waals surface area contributed by atoms with Crippen LogP contribution in [0.4, 0.5) is 0 Å². The second-order valence-corrected chi connectivity index (χ2v) is 8.62. The van der Waals surface area contributed by atoms with Gasteiger partial charge in [-0.1, -0.05) is 32.9 Å². The van der Waals surface area contributed by atoms with Gasteiger partial charge in [0.05, 0.1) is 6.26 Å². The fourth-order valence-corrected chi connectivity index (χ4v) is 3.42. The lowest BCUT2D eigenvalue weighted by atomic mass is 9.86. The Balaban J connectivity index is 1.52. The normalized spacial score (nSPS) is 15.6. The summed E-state index contributed by atoms with van der Waals surface area (Å²) >= 11 is 0. The zero-order valence-corrected chi connectivity index (χ0v) is 18.0. The maximum Gasteiger partial charge on any atom is 0.289 e. The van der Waals surface area contributed by atoms with Crippen LogP contribution in [0.3, 0.4) is 0 Å². The highest BCUT2D eigenvalue weighted by atomic mass is 16.3. The van der Waals surface area contributed by atoms with Gasteiger partial charge in [-0.05, 0) is 42.2 Å². The molecule has 1 aliphatic heterocycles. The van der Waals surface area contributed by atoms with Crippen molar-refractivity contribution in [3.05, 3.63) is 59.5 Å². The summed E-state index contributed by atoms with van der Waals surface area (Å²) in [6, 6.07) is 10.1. The number of nitrogens with one attached hydrogen (secondary N) is 1. The Kier molecular flexibility index (Phi) is 6.29. The largest absolute Gasteiger partial charge is 0.459 e. The van der Waals surface area contributed by atoms with Gasteiger partial charge in [0.1, 0.15) is 6.04 Å². The zero-order chi connectivity index (χ0) is 21.9. The first kappa shape index (κ1) is 21.6. The van der Waals surface area contributed by atoms with E-state index in [4.69, 9.17) is 4.42 Å². The van der Waals surface area contributed by atoms with Crippen LogP contribution in [0, 0.1) is 0 Å². The SMILES string of the molecule is C[C@H](NC(=O)c1ccc(C(C)(C)C)cc1)C(=O)N1CCN(C(=O)c2ccco2)CC1. The van der Waals surface area contributed by atoms with E-state index in [2.05, 4.69) is 26.1 Å². The van der Waals surface area contributed by atoms with Crippen molar-refractivity contribution in [2.75, 3.05) is 26.2 Å². The van der Waals surface area contributed by atoms with E-state index in [1.807, 2.05) is 12.1 Å². The highest BCUT2D eigenvalue weighted by Crippen LogP contribution is 2.22. The van der Waals surface area contributed by atoms with Crippen molar-refractivity contribution in [3.63, 3.8) is 0 Å². The number of nitrogens with zero attached hydrogens (tertiary/aromatic N) is 2. The molecule has 0 unspecified atom stereocenters. The highest BCUT2D eigenvalue weighted by Gasteiger charge is 2.29. The molecule has 0 aliphatic carbocycles. The summed E-state index contributed by atoms with van der Waals surface area (Å²) in [5, 5.41) is 2.78. The molecule has 1 atom stereocenters. The summed E-state index contributed by atoms with van der Waals surface area (Å²) in [7, 11) is 0. The molecular weight excluding hydrogens is 382 g/mol. The van der Waals surface area contributed by atoms with E-state index in [0.717, 1.165) is 5.56 Å². The summed E-state index contributed by atoms with van der Waals surface area (Å²) in [4.78, 5) is 41.0. The predicted molar refractivity (Wildman–Crippen MR) is 113 cm³/mol. The molecule has 7 heteroatoms. The molecule has 1 aromatic carbocycles. The number of amides is 3. The molecule has 3 rings (SSSR count). The first-order chi connectivity index (χ1) is 14.2. The van der Waals surface area contributed by atoms with Gasteiger partial charge in [-0.2, -0.15) is 0 Å². The molecule has 2 heterocycles. The van der Waals surface area contributed by atoms with Crippen LogP contribution in [0.1, 0.15) is 54.2 Å². The monoisotopic (exact) mass is 411 g/mol. The summed E-state index contributed by atoms with van der Waals surface area (Å²) in [6.45, 7) is 9.74. The minimum atomic E-state index is -0.646. The summed E-state index contributed by atoms with van der Waals surface area (Å²) in [5.74, 6) is -0.303. The smallest absolute Gasteiger partial charge is 0.289 e. The Morgan fingerprint density at radius 2 is 1.57 bits per heavy atom. The van der Waals surface area contributed by atoms with E-state index < -0.39 is 6.04 Å². The number of hydrogen-bond donors (Lipinski definition) is 1. The molecule has 1 aromatic heterocycles. The van der Waals surface area contributed by atoms with Crippen LogP contribution in [0.15, 0.2) is 47.1 Å². The Bertz CT molecular complexity index is 890. The van der Waals surface area contributed by atoms with Crippen molar-refractivity contribution in [1.82, 2.24) is 15.1 Å². The lowest BCUT2D eigenvalue weighted by Crippen LogP contribution is -2.55. The maximum absolute atomic E-state index is 12.7. The number of rotatable bonds is 4. The first-order valence-electron chi connectivity index (χ1n) is 10.2. The maximum atomic E-state index is 12.7. The third kappa shape index (κ3) is 4.90. The molecule has 1 aliphatic rings. The van der Waals surface area contributed by atoms with Gasteiger partial charge >= 0.3 is 0 Å². The van der Waals surface area contributed by atoms with Crippen molar-refractivity contribution < 1.29 is 18.8 Å². The molecule has 160 valence electrons. The lowest BCUT2D eigenvalue weighted by Gasteiger charge is -2.35. The van der Waals surface area contributed by atoms with E-state index in [0.29, 0.717) is 37.5 Å². The Morgan fingerprint density at radius 1 is 0.967 bits per heavy atom. The second-order valence-electron chi connectivity index (χ2n) is 8.62. The van der Waals surface area contributed by atoms with Crippen LogP contribution in [-0.4, -0.2) is 59.7 Å². The van der Waals surface area contributed by atoms with Gasteiger partial charge in [0, 0.05) is 31.7 Å². The molecule has 0 bridgehead atoms. The van der Waals surface area contributed by atoms with Gasteiger partial charge in [0.15, 0.2) is 5.76 Å². The van der Waals surface area contributed by atoms with Crippen molar-refractivity contribution in [1.29, 1.82) is 0 Å². The first-order valence-corrected chi connectivity index (χ1v) is 10.2. The molecule has 1 fully saturated rings. The summed E-state index contributed by atoms with van der Waals surface area (Å²) in [5.41, 5.74) is 1.68. The third-order valence-corrected chi connectivity index (χ3v) is 5.34. The van der Waals surface area contributed by atoms with E-state index in [1.165, 1.54) is 6.26 Å². The minimum Gasteiger partial charge on any atom is -0.459 e.